The smallest absolute Gasteiger partial charge is 0.270 e. The molecule has 8 heteroatoms. The fraction of sp³-hybridized carbons (Fsp3) is 0.304. The summed E-state index contributed by atoms with van der Waals surface area (Å²) in [6, 6.07) is 10.8. The fourth-order valence-corrected chi connectivity index (χ4v) is 4.68. The molecule has 2 aromatic rings. The number of carbonyl (C=O) groups excluding carboxylic acids is 1. The predicted molar refractivity (Wildman–Crippen MR) is 126 cm³/mol. The maximum absolute atomic E-state index is 12.6. The summed E-state index contributed by atoms with van der Waals surface area (Å²) in [5, 5.41) is 14.6. The van der Waals surface area contributed by atoms with E-state index in [0.29, 0.717) is 15.6 Å². The minimum atomic E-state index is -0.406. The van der Waals surface area contributed by atoms with Crippen LogP contribution in [0.4, 0.5) is 17.1 Å². The summed E-state index contributed by atoms with van der Waals surface area (Å²) in [5.74, 6) is -0.246. The molecule has 1 N–H and O–H groups in total. The van der Waals surface area contributed by atoms with Crippen molar-refractivity contribution in [3.05, 3.63) is 68.1 Å². The van der Waals surface area contributed by atoms with Gasteiger partial charge in [0, 0.05) is 36.5 Å². The molecule has 0 aliphatic carbocycles. The Hall–Kier alpha value is -3.13. The summed E-state index contributed by atoms with van der Waals surface area (Å²) in [6.45, 7) is 5.83. The number of piperidine rings is 1. The van der Waals surface area contributed by atoms with Crippen LogP contribution in [-0.4, -0.2) is 29.1 Å². The second kappa shape index (κ2) is 8.93. The first kappa shape index (κ1) is 21.1. The van der Waals surface area contributed by atoms with Crippen LogP contribution in [0.5, 0.6) is 0 Å². The van der Waals surface area contributed by atoms with Crippen LogP contribution in [-0.2, 0) is 4.79 Å². The maximum atomic E-state index is 12.6. The number of nitrogens with zero attached hydrogens (tertiary/aromatic N) is 3. The summed E-state index contributed by atoms with van der Waals surface area (Å²) < 4.78 is 0. The molecule has 2 fully saturated rings. The molecule has 2 aliphatic heterocycles. The Labute approximate surface area is 185 Å². The molecule has 7 nitrogen and oxygen atoms in total. The largest absolute Gasteiger partial charge is 0.371 e. The van der Waals surface area contributed by atoms with Crippen molar-refractivity contribution in [1.82, 2.24) is 5.32 Å². The summed E-state index contributed by atoms with van der Waals surface area (Å²) >= 11 is 1.25. The monoisotopic (exact) mass is 436 g/mol. The van der Waals surface area contributed by atoms with Crippen LogP contribution < -0.4 is 10.2 Å². The van der Waals surface area contributed by atoms with E-state index >= 15 is 0 Å². The molecule has 2 saturated heterocycles. The third kappa shape index (κ3) is 4.80. The van der Waals surface area contributed by atoms with Crippen LogP contribution in [0, 0.1) is 24.0 Å². The van der Waals surface area contributed by atoms with Crippen molar-refractivity contribution < 1.29 is 9.72 Å². The van der Waals surface area contributed by atoms with Gasteiger partial charge in [-0.2, -0.15) is 0 Å². The van der Waals surface area contributed by atoms with Crippen molar-refractivity contribution in [3.63, 3.8) is 0 Å². The molecule has 1 amide bonds. The van der Waals surface area contributed by atoms with Gasteiger partial charge in [0.15, 0.2) is 5.17 Å². The number of hydrogen-bond donors (Lipinski definition) is 1. The highest BCUT2D eigenvalue weighted by Crippen LogP contribution is 2.34. The number of non-ortho nitro benzene ring substituents is 1. The average molecular weight is 437 g/mol. The number of nitrogens with one attached hydrogen (secondary N) is 1. The average Bonchev–Trinajstić information content (AvgIpc) is 3.09. The van der Waals surface area contributed by atoms with Crippen LogP contribution in [0.15, 0.2) is 46.3 Å². The topological polar surface area (TPSA) is 87.8 Å². The molecule has 0 radical (unpaired) electrons. The molecular formula is C23H24N4O3S. The fourth-order valence-electron chi connectivity index (χ4n) is 3.86. The van der Waals surface area contributed by atoms with Gasteiger partial charge in [0.1, 0.15) is 0 Å². The number of amidine groups is 1. The van der Waals surface area contributed by atoms with Gasteiger partial charge in [0.2, 0.25) is 0 Å². The van der Waals surface area contributed by atoms with Crippen LogP contribution in [0.25, 0.3) is 6.08 Å². The lowest BCUT2D eigenvalue weighted by atomic mass is 10.1. The van der Waals surface area contributed by atoms with Gasteiger partial charge in [-0.1, -0.05) is 17.7 Å². The lowest BCUT2D eigenvalue weighted by molar-refractivity contribution is -0.384. The minimum absolute atomic E-state index is 0.0141. The molecular weight excluding hydrogens is 412 g/mol. The number of aryl methyl sites for hydroxylation is 2. The number of aliphatic imine (C=N–C) groups is 1. The summed E-state index contributed by atoms with van der Waals surface area (Å²) in [5.41, 5.74) is 4.61. The minimum Gasteiger partial charge on any atom is -0.371 e. The van der Waals surface area contributed by atoms with Gasteiger partial charge in [-0.05, 0) is 68.6 Å². The molecule has 2 aliphatic rings. The van der Waals surface area contributed by atoms with Gasteiger partial charge in [-0.3, -0.25) is 14.9 Å². The Kier molecular flexibility index (Phi) is 6.08. The van der Waals surface area contributed by atoms with Crippen molar-refractivity contribution in [1.29, 1.82) is 0 Å². The van der Waals surface area contributed by atoms with E-state index < -0.39 is 4.92 Å². The number of amides is 1. The number of thioether (sulfide) groups is 1. The highest BCUT2D eigenvalue weighted by Gasteiger charge is 2.25. The molecule has 2 aromatic carbocycles. The lowest BCUT2D eigenvalue weighted by Gasteiger charge is -2.30. The number of hydrogen-bond acceptors (Lipinski definition) is 6. The molecule has 4 rings (SSSR count). The lowest BCUT2D eigenvalue weighted by Crippen LogP contribution is -2.30. The molecule has 0 bridgehead atoms. The molecule has 0 unspecified atom stereocenters. The van der Waals surface area contributed by atoms with E-state index in [1.807, 2.05) is 32.0 Å². The summed E-state index contributed by atoms with van der Waals surface area (Å²) in [4.78, 5) is 30.8. The van der Waals surface area contributed by atoms with Crippen molar-refractivity contribution in [2.45, 2.75) is 33.1 Å². The normalized spacial score (nSPS) is 19.2. The van der Waals surface area contributed by atoms with E-state index in [1.54, 1.807) is 18.2 Å². The number of nitro groups is 1. The predicted octanol–water partition coefficient (Wildman–Crippen LogP) is 5.09. The Morgan fingerprint density at radius 1 is 1.13 bits per heavy atom. The van der Waals surface area contributed by atoms with E-state index in [0.717, 1.165) is 48.4 Å². The third-order valence-corrected chi connectivity index (χ3v) is 6.34. The number of anilines is 1. The highest BCUT2D eigenvalue weighted by atomic mass is 32.2. The van der Waals surface area contributed by atoms with E-state index in [-0.39, 0.29) is 11.6 Å². The molecule has 0 atom stereocenters. The van der Waals surface area contributed by atoms with Crippen LogP contribution in [0.3, 0.4) is 0 Å². The first-order valence-corrected chi connectivity index (χ1v) is 11.1. The quantitative estimate of drug-likeness (QED) is 0.410. The highest BCUT2D eigenvalue weighted by molar-refractivity contribution is 8.18. The van der Waals surface area contributed by atoms with Crippen molar-refractivity contribution >= 4 is 46.0 Å². The van der Waals surface area contributed by atoms with Gasteiger partial charge in [0.25, 0.3) is 11.6 Å². The van der Waals surface area contributed by atoms with Gasteiger partial charge in [-0.15, -0.1) is 0 Å². The van der Waals surface area contributed by atoms with Crippen molar-refractivity contribution in [3.8, 4) is 0 Å². The molecule has 0 saturated carbocycles. The second-order valence-corrected chi connectivity index (χ2v) is 8.85. The molecule has 160 valence electrons. The zero-order chi connectivity index (χ0) is 22.0. The molecule has 2 heterocycles. The second-order valence-electron chi connectivity index (χ2n) is 7.82. The van der Waals surface area contributed by atoms with E-state index in [9.17, 15) is 14.9 Å². The molecule has 0 spiro atoms. The van der Waals surface area contributed by atoms with E-state index in [2.05, 4.69) is 15.2 Å². The number of benzene rings is 2. The van der Waals surface area contributed by atoms with Crippen LogP contribution in [0.2, 0.25) is 0 Å². The molecule has 31 heavy (non-hydrogen) atoms. The molecule has 0 aromatic heterocycles. The first-order valence-electron chi connectivity index (χ1n) is 10.3. The van der Waals surface area contributed by atoms with E-state index in [4.69, 9.17) is 0 Å². The zero-order valence-corrected chi connectivity index (χ0v) is 18.4. The summed E-state index contributed by atoms with van der Waals surface area (Å²) in [6.07, 6.45) is 5.11. The first-order chi connectivity index (χ1) is 14.9. The van der Waals surface area contributed by atoms with Gasteiger partial charge >= 0.3 is 0 Å². The Morgan fingerprint density at radius 2 is 1.90 bits per heavy atom. The Bertz CT molecular complexity index is 1100. The third-order valence-electron chi connectivity index (χ3n) is 5.43. The van der Waals surface area contributed by atoms with Crippen molar-refractivity contribution in [2.75, 3.05) is 18.0 Å². The van der Waals surface area contributed by atoms with Gasteiger partial charge < -0.3 is 10.2 Å². The van der Waals surface area contributed by atoms with Crippen molar-refractivity contribution in [2.24, 2.45) is 4.99 Å². The Morgan fingerprint density at radius 3 is 2.61 bits per heavy atom. The van der Waals surface area contributed by atoms with E-state index in [1.165, 1.54) is 24.2 Å². The summed E-state index contributed by atoms with van der Waals surface area (Å²) in [7, 11) is 0. The zero-order valence-electron chi connectivity index (χ0n) is 17.6. The maximum Gasteiger partial charge on any atom is 0.270 e. The van der Waals surface area contributed by atoms with Crippen LogP contribution in [0.1, 0.15) is 36.0 Å². The van der Waals surface area contributed by atoms with Gasteiger partial charge in [0.05, 0.1) is 15.5 Å². The number of nitro benzene ring substituents is 1. The van der Waals surface area contributed by atoms with Crippen LogP contribution >= 0.6 is 11.8 Å². The van der Waals surface area contributed by atoms with Gasteiger partial charge in [-0.25, -0.2) is 4.99 Å². The standard InChI is InChI=1S/C23H24N4O3S/c1-15-6-8-19(16(2)12-15)24-23-25-22(28)21(31-23)14-17-13-18(27(29)30)7-9-20(17)26-10-4-3-5-11-26/h6-9,12-14H,3-5,10-11H2,1-2H3,(H,24,25,28)/b21-14-. The number of rotatable bonds is 4. The number of carbonyl (C=O) groups is 1. The Balaban J connectivity index is 1.67. The SMILES string of the molecule is Cc1ccc(N=C2NC(=O)/C(=C/c3cc([N+](=O)[O-])ccc3N3CCCCC3)S2)c(C)c1.